The minimum Gasteiger partial charge on any atom is -0.307 e. The van der Waals surface area contributed by atoms with Crippen LogP contribution in [-0.4, -0.2) is 28.9 Å². The molecule has 0 fully saturated rings. The van der Waals surface area contributed by atoms with E-state index in [0.29, 0.717) is 33.3 Å². The monoisotopic (exact) mass is 552 g/mol. The third-order valence-electron chi connectivity index (χ3n) is 5.58. The van der Waals surface area contributed by atoms with Gasteiger partial charge in [-0.1, -0.05) is 48.5 Å². The van der Waals surface area contributed by atoms with Crippen LogP contribution >= 0.6 is 0 Å². The molecule has 0 atom stereocenters. The lowest BCUT2D eigenvalue weighted by Crippen LogP contribution is -2.34. The molecule has 196 valence electrons. The maximum absolute atomic E-state index is 12.5. The number of sulfonamides is 2. The SMILES string of the molecule is Cc1ccccc1S(=O)(=O)NC(=O)Nc1ccc2cc(NC(=O)NS(=O)(=O)c3ccccc3C)ccc2c1. The van der Waals surface area contributed by atoms with E-state index in [-0.39, 0.29) is 9.79 Å². The lowest BCUT2D eigenvalue weighted by Gasteiger charge is -2.12. The van der Waals surface area contributed by atoms with E-state index in [1.807, 2.05) is 9.44 Å². The van der Waals surface area contributed by atoms with Gasteiger partial charge in [0.05, 0.1) is 9.79 Å². The van der Waals surface area contributed by atoms with Crippen molar-refractivity contribution in [2.45, 2.75) is 23.6 Å². The number of hydrogen-bond acceptors (Lipinski definition) is 6. The van der Waals surface area contributed by atoms with E-state index in [4.69, 9.17) is 0 Å². The zero-order valence-corrected chi connectivity index (χ0v) is 22.0. The second-order valence-corrected chi connectivity index (χ2v) is 11.7. The summed E-state index contributed by atoms with van der Waals surface area (Å²) >= 11 is 0. The van der Waals surface area contributed by atoms with Crippen LogP contribution in [0.2, 0.25) is 0 Å². The molecule has 0 bridgehead atoms. The highest BCUT2D eigenvalue weighted by Crippen LogP contribution is 2.23. The van der Waals surface area contributed by atoms with Crippen LogP contribution in [0.15, 0.2) is 94.7 Å². The molecule has 4 amide bonds. The molecule has 10 nitrogen and oxygen atoms in total. The molecule has 0 saturated carbocycles. The van der Waals surface area contributed by atoms with Crippen molar-refractivity contribution in [1.82, 2.24) is 9.44 Å². The van der Waals surface area contributed by atoms with Gasteiger partial charge in [-0.05, 0) is 72.1 Å². The maximum Gasteiger partial charge on any atom is 0.333 e. The number of rotatable bonds is 6. The van der Waals surface area contributed by atoms with Crippen LogP contribution in [0.25, 0.3) is 10.8 Å². The predicted octanol–water partition coefficient (Wildman–Crippen LogP) is 4.48. The van der Waals surface area contributed by atoms with Crippen LogP contribution in [0, 0.1) is 13.8 Å². The predicted molar refractivity (Wildman–Crippen MR) is 145 cm³/mol. The molecule has 4 aromatic carbocycles. The largest absolute Gasteiger partial charge is 0.333 e. The zero-order chi connectivity index (χ0) is 27.5. The molecule has 0 aliphatic heterocycles. The topological polar surface area (TPSA) is 151 Å². The maximum atomic E-state index is 12.5. The van der Waals surface area contributed by atoms with Gasteiger partial charge in [-0.2, -0.15) is 0 Å². The number of amides is 4. The van der Waals surface area contributed by atoms with Gasteiger partial charge < -0.3 is 10.6 Å². The second kappa shape index (κ2) is 10.5. The summed E-state index contributed by atoms with van der Waals surface area (Å²) in [5.74, 6) is 0. The Hall–Kier alpha value is -4.42. The minimum atomic E-state index is -4.05. The lowest BCUT2D eigenvalue weighted by atomic mass is 10.1. The molecule has 12 heteroatoms. The third-order valence-corrected chi connectivity index (χ3v) is 8.56. The number of hydrogen-bond donors (Lipinski definition) is 4. The average Bonchev–Trinajstić information content (AvgIpc) is 2.83. The van der Waals surface area contributed by atoms with E-state index in [0.717, 1.165) is 0 Å². The smallest absolute Gasteiger partial charge is 0.307 e. The van der Waals surface area contributed by atoms with Crippen molar-refractivity contribution in [2.24, 2.45) is 0 Å². The molecule has 0 aromatic heterocycles. The van der Waals surface area contributed by atoms with Gasteiger partial charge in [-0.25, -0.2) is 35.9 Å². The molecule has 4 rings (SSSR count). The fourth-order valence-electron chi connectivity index (χ4n) is 3.78. The highest BCUT2D eigenvalue weighted by Gasteiger charge is 2.20. The Balaban J connectivity index is 1.43. The summed E-state index contributed by atoms with van der Waals surface area (Å²) in [6.45, 7) is 3.26. The first kappa shape index (κ1) is 26.6. The van der Waals surface area contributed by atoms with Crippen LogP contribution in [0.4, 0.5) is 21.0 Å². The van der Waals surface area contributed by atoms with Crippen molar-refractivity contribution in [2.75, 3.05) is 10.6 Å². The van der Waals surface area contributed by atoms with Crippen LogP contribution in [0.5, 0.6) is 0 Å². The Morgan fingerprint density at radius 2 is 0.921 bits per heavy atom. The summed E-state index contributed by atoms with van der Waals surface area (Å²) in [7, 11) is -8.11. The quantitative estimate of drug-likeness (QED) is 0.277. The molecule has 4 N–H and O–H groups in total. The summed E-state index contributed by atoms with van der Waals surface area (Å²) in [6, 6.07) is 20.5. The van der Waals surface area contributed by atoms with Gasteiger partial charge >= 0.3 is 12.1 Å². The first-order valence-corrected chi connectivity index (χ1v) is 14.2. The summed E-state index contributed by atoms with van der Waals surface area (Å²) in [6.07, 6.45) is 0. The molecule has 0 heterocycles. The van der Waals surface area contributed by atoms with Gasteiger partial charge in [0.25, 0.3) is 20.0 Å². The number of fused-ring (bicyclic) bond motifs is 1. The lowest BCUT2D eigenvalue weighted by molar-refractivity contribution is 0.255. The molecule has 38 heavy (non-hydrogen) atoms. The van der Waals surface area contributed by atoms with Crippen molar-refractivity contribution in [1.29, 1.82) is 0 Å². The highest BCUT2D eigenvalue weighted by atomic mass is 32.2. The second-order valence-electron chi connectivity index (χ2n) is 8.43. The van der Waals surface area contributed by atoms with Crippen molar-refractivity contribution >= 4 is 54.3 Å². The molecule has 0 spiro atoms. The van der Waals surface area contributed by atoms with E-state index in [1.165, 1.54) is 12.1 Å². The number of nitrogens with one attached hydrogen (secondary N) is 4. The fourth-order valence-corrected chi connectivity index (χ4v) is 6.09. The van der Waals surface area contributed by atoms with Crippen molar-refractivity contribution in [3.63, 3.8) is 0 Å². The number of carbonyl (C=O) groups is 2. The van der Waals surface area contributed by atoms with Crippen LogP contribution in [0.1, 0.15) is 11.1 Å². The van der Waals surface area contributed by atoms with Gasteiger partial charge in [0, 0.05) is 11.4 Å². The minimum absolute atomic E-state index is 0.00410. The van der Waals surface area contributed by atoms with E-state index in [2.05, 4.69) is 10.6 Å². The van der Waals surface area contributed by atoms with E-state index < -0.39 is 32.1 Å². The molecule has 0 aliphatic carbocycles. The van der Waals surface area contributed by atoms with Crippen molar-refractivity contribution in [3.8, 4) is 0 Å². The molecule has 4 aromatic rings. The summed E-state index contributed by atoms with van der Waals surface area (Å²) in [5, 5.41) is 6.36. The molecule has 0 radical (unpaired) electrons. The highest BCUT2D eigenvalue weighted by molar-refractivity contribution is 7.90. The first-order valence-electron chi connectivity index (χ1n) is 11.3. The van der Waals surface area contributed by atoms with Crippen molar-refractivity contribution < 1.29 is 26.4 Å². The Bertz CT molecular complexity index is 1640. The Labute approximate surface area is 220 Å². The zero-order valence-electron chi connectivity index (χ0n) is 20.3. The summed E-state index contributed by atoms with van der Waals surface area (Å²) in [4.78, 5) is 24.7. The number of anilines is 2. The Morgan fingerprint density at radius 3 is 1.29 bits per heavy atom. The molecular formula is C26H24N4O6S2. The average molecular weight is 553 g/mol. The number of carbonyl (C=O) groups excluding carboxylic acids is 2. The third kappa shape index (κ3) is 6.10. The standard InChI is InChI=1S/C26H24N4O6S2/c1-17-7-3-5-9-23(17)37(33,34)29-25(31)27-21-13-11-20-16-22(14-12-19(20)15-21)28-26(32)30-38(35,36)24-10-6-4-8-18(24)2/h3-16H,1-2H3,(H2,27,29,31)(H2,28,30,32). The summed E-state index contributed by atoms with van der Waals surface area (Å²) in [5.41, 5.74) is 1.70. The molecule has 0 aliphatic rings. The van der Waals surface area contributed by atoms with Gasteiger partial charge in [-0.3, -0.25) is 0 Å². The number of benzene rings is 4. The van der Waals surface area contributed by atoms with Gasteiger partial charge in [0.2, 0.25) is 0 Å². The van der Waals surface area contributed by atoms with Gasteiger partial charge in [0.1, 0.15) is 0 Å². The van der Waals surface area contributed by atoms with Crippen molar-refractivity contribution in [3.05, 3.63) is 96.1 Å². The van der Waals surface area contributed by atoms with Crippen LogP contribution in [-0.2, 0) is 20.0 Å². The van der Waals surface area contributed by atoms with Gasteiger partial charge in [0.15, 0.2) is 0 Å². The van der Waals surface area contributed by atoms with Crippen LogP contribution in [0.3, 0.4) is 0 Å². The fraction of sp³-hybridized carbons (Fsp3) is 0.0769. The Morgan fingerprint density at radius 1 is 0.553 bits per heavy atom. The molecule has 0 saturated heterocycles. The normalized spacial score (nSPS) is 11.5. The first-order chi connectivity index (χ1) is 17.9. The summed E-state index contributed by atoms with van der Waals surface area (Å²) < 4.78 is 54.1. The number of aryl methyl sites for hydroxylation is 2. The Kier molecular flexibility index (Phi) is 7.37. The van der Waals surface area contributed by atoms with E-state index in [9.17, 15) is 26.4 Å². The number of urea groups is 2. The van der Waals surface area contributed by atoms with Crippen LogP contribution < -0.4 is 20.1 Å². The van der Waals surface area contributed by atoms with E-state index in [1.54, 1.807) is 86.6 Å². The van der Waals surface area contributed by atoms with E-state index >= 15 is 0 Å². The molecular weight excluding hydrogens is 528 g/mol. The van der Waals surface area contributed by atoms with Gasteiger partial charge in [-0.15, -0.1) is 0 Å². The molecule has 0 unspecified atom stereocenters.